The molecule has 3 aromatic carbocycles. The first kappa shape index (κ1) is 18.6. The highest BCUT2D eigenvalue weighted by Crippen LogP contribution is 2.34. The van der Waals surface area contributed by atoms with Gasteiger partial charge in [0.1, 0.15) is 11.7 Å². The minimum absolute atomic E-state index is 1.21. The van der Waals surface area contributed by atoms with E-state index in [0.717, 1.165) is 0 Å². The van der Waals surface area contributed by atoms with Crippen molar-refractivity contribution in [3.8, 4) is 0 Å². The molecule has 0 radical (unpaired) electrons. The Labute approximate surface area is 181 Å². The standard InChI is InChI=1S/C27H23N2S/c1-28-17-16-21(23-12-6-7-13-24(23)28)18-22(20-10-4-3-5-11-20)19-27-29(2)25-14-8-9-15-26(25)30-27/h3-19H,1-2H3/q+1. The number of rotatable bonds is 3. The van der Waals surface area contributed by atoms with E-state index in [1.807, 2.05) is 11.3 Å². The topological polar surface area (TPSA) is 7.12 Å². The van der Waals surface area contributed by atoms with Crippen molar-refractivity contribution in [1.82, 2.24) is 0 Å². The van der Waals surface area contributed by atoms with Crippen LogP contribution >= 0.6 is 11.3 Å². The van der Waals surface area contributed by atoms with Gasteiger partial charge in [-0.2, -0.15) is 4.57 Å². The number of thiazole rings is 1. The van der Waals surface area contributed by atoms with Crippen LogP contribution in [0.3, 0.4) is 0 Å². The minimum Gasteiger partial charge on any atom is -0.351 e. The van der Waals surface area contributed by atoms with Crippen LogP contribution in [0.2, 0.25) is 0 Å². The molecule has 0 atom stereocenters. The van der Waals surface area contributed by atoms with E-state index in [0.29, 0.717) is 0 Å². The molecule has 0 unspecified atom stereocenters. The number of fused-ring (bicyclic) bond motifs is 2. The highest BCUT2D eigenvalue weighted by atomic mass is 32.1. The lowest BCUT2D eigenvalue weighted by atomic mass is 9.95. The lowest BCUT2D eigenvalue weighted by Crippen LogP contribution is -2.28. The van der Waals surface area contributed by atoms with Gasteiger partial charge in [-0.3, -0.25) is 0 Å². The maximum Gasteiger partial charge on any atom is 0.263 e. The molecule has 146 valence electrons. The zero-order chi connectivity index (χ0) is 20.5. The summed E-state index contributed by atoms with van der Waals surface area (Å²) in [5, 5.41) is 1.23. The number of anilines is 1. The summed E-state index contributed by atoms with van der Waals surface area (Å²) in [6, 6.07) is 27.8. The number of aromatic nitrogens is 1. The molecule has 3 heteroatoms. The van der Waals surface area contributed by atoms with Crippen LogP contribution in [-0.2, 0) is 7.05 Å². The number of hydrogen-bond acceptors (Lipinski definition) is 2. The van der Waals surface area contributed by atoms with Crippen molar-refractivity contribution >= 4 is 44.5 Å². The number of allylic oxidation sites excluding steroid dienone is 4. The van der Waals surface area contributed by atoms with Crippen molar-refractivity contribution in [2.24, 2.45) is 7.05 Å². The summed E-state index contributed by atoms with van der Waals surface area (Å²) in [7, 11) is 4.24. The second-order valence-electron chi connectivity index (χ2n) is 7.48. The molecule has 0 aliphatic carbocycles. The molecular formula is C27H23N2S+. The maximum absolute atomic E-state index is 2.31. The fraction of sp³-hybridized carbons (Fsp3) is 0.0741. The second kappa shape index (κ2) is 7.77. The molecule has 0 saturated heterocycles. The zero-order valence-electron chi connectivity index (χ0n) is 17.1. The van der Waals surface area contributed by atoms with E-state index < -0.39 is 0 Å². The van der Waals surface area contributed by atoms with Gasteiger partial charge >= 0.3 is 0 Å². The summed E-state index contributed by atoms with van der Waals surface area (Å²) in [5.41, 5.74) is 7.39. The van der Waals surface area contributed by atoms with Crippen LogP contribution in [0.4, 0.5) is 5.69 Å². The largest absolute Gasteiger partial charge is 0.351 e. The molecule has 30 heavy (non-hydrogen) atoms. The molecule has 0 saturated carbocycles. The smallest absolute Gasteiger partial charge is 0.263 e. The van der Waals surface area contributed by atoms with Gasteiger partial charge < -0.3 is 4.90 Å². The van der Waals surface area contributed by atoms with Crippen molar-refractivity contribution in [1.29, 1.82) is 0 Å². The molecular weight excluding hydrogens is 384 g/mol. The van der Waals surface area contributed by atoms with E-state index in [2.05, 4.69) is 127 Å². The number of para-hydroxylation sites is 2. The molecule has 1 aliphatic rings. The summed E-state index contributed by atoms with van der Waals surface area (Å²) in [5.74, 6) is 0. The fourth-order valence-corrected chi connectivity index (χ4v) is 5.00. The van der Waals surface area contributed by atoms with Gasteiger partial charge in [-0.15, -0.1) is 0 Å². The number of aryl methyl sites for hydroxylation is 1. The van der Waals surface area contributed by atoms with Gasteiger partial charge in [-0.05, 0) is 41.0 Å². The second-order valence-corrected chi connectivity index (χ2v) is 8.54. The van der Waals surface area contributed by atoms with Gasteiger partial charge in [-0.1, -0.05) is 72.0 Å². The summed E-state index contributed by atoms with van der Waals surface area (Å²) in [4.78, 5) is 2.17. The average Bonchev–Trinajstić information content (AvgIpc) is 3.11. The van der Waals surface area contributed by atoms with Crippen molar-refractivity contribution in [3.05, 3.63) is 113 Å². The predicted octanol–water partition coefficient (Wildman–Crippen LogP) is 6.31. The fourth-order valence-electron chi connectivity index (χ4n) is 3.90. The van der Waals surface area contributed by atoms with E-state index in [1.54, 1.807) is 0 Å². The summed E-state index contributed by atoms with van der Waals surface area (Å²) in [6.07, 6.45) is 8.95. The monoisotopic (exact) mass is 407 g/mol. The highest BCUT2D eigenvalue weighted by molar-refractivity contribution is 7.18. The number of benzene rings is 3. The van der Waals surface area contributed by atoms with Gasteiger partial charge in [0.15, 0.2) is 0 Å². The van der Waals surface area contributed by atoms with E-state index >= 15 is 0 Å². The van der Waals surface area contributed by atoms with Crippen molar-refractivity contribution in [2.75, 3.05) is 11.9 Å². The Kier molecular flexibility index (Phi) is 4.82. The Morgan fingerprint density at radius 1 is 0.900 bits per heavy atom. The molecule has 0 bridgehead atoms. The molecule has 0 fully saturated rings. The van der Waals surface area contributed by atoms with Crippen LogP contribution < -0.4 is 9.47 Å². The number of hydrogen-bond donors (Lipinski definition) is 0. The quantitative estimate of drug-likeness (QED) is 0.361. The Morgan fingerprint density at radius 3 is 2.47 bits per heavy atom. The summed E-state index contributed by atoms with van der Waals surface area (Å²) < 4.78 is 3.58. The molecule has 1 aromatic heterocycles. The highest BCUT2D eigenvalue weighted by Gasteiger charge is 2.17. The van der Waals surface area contributed by atoms with Gasteiger partial charge in [0.2, 0.25) is 5.52 Å². The first-order valence-corrected chi connectivity index (χ1v) is 10.9. The molecule has 1 aliphatic heterocycles. The van der Waals surface area contributed by atoms with Crippen molar-refractivity contribution in [2.45, 2.75) is 0 Å². The van der Waals surface area contributed by atoms with Crippen LogP contribution in [-0.4, -0.2) is 7.05 Å². The van der Waals surface area contributed by atoms with Crippen molar-refractivity contribution < 1.29 is 4.57 Å². The molecule has 0 amide bonds. The third kappa shape index (κ3) is 3.38. The SMILES string of the molecule is CN1C=C/C(=C\C(=C\c2sc3ccccc3[n+]2C)c2ccccc2)c2ccccc21. The van der Waals surface area contributed by atoms with E-state index in [4.69, 9.17) is 0 Å². The van der Waals surface area contributed by atoms with Crippen LogP contribution in [0.5, 0.6) is 0 Å². The van der Waals surface area contributed by atoms with Crippen LogP contribution in [0.1, 0.15) is 16.1 Å². The van der Waals surface area contributed by atoms with E-state index in [1.165, 1.54) is 43.2 Å². The Hall–Kier alpha value is -3.43. The Bertz CT molecular complexity index is 1310. The van der Waals surface area contributed by atoms with Crippen LogP contribution in [0.15, 0.2) is 97.2 Å². The first-order valence-electron chi connectivity index (χ1n) is 10.1. The van der Waals surface area contributed by atoms with Gasteiger partial charge in [0, 0.05) is 36.6 Å². The normalized spacial score (nSPS) is 15.1. The predicted molar refractivity (Wildman–Crippen MR) is 129 cm³/mol. The van der Waals surface area contributed by atoms with Gasteiger partial charge in [-0.25, -0.2) is 0 Å². The lowest BCUT2D eigenvalue weighted by Gasteiger charge is -2.23. The molecule has 0 spiro atoms. The molecule has 4 aromatic rings. The Balaban J connectivity index is 1.69. The summed E-state index contributed by atoms with van der Waals surface area (Å²) >= 11 is 1.83. The number of nitrogens with zero attached hydrogens (tertiary/aromatic N) is 2. The zero-order valence-corrected chi connectivity index (χ0v) is 17.9. The molecule has 2 nitrogen and oxygen atoms in total. The molecule has 0 N–H and O–H groups in total. The maximum atomic E-state index is 2.31. The minimum atomic E-state index is 1.21. The molecule has 2 heterocycles. The van der Waals surface area contributed by atoms with E-state index in [-0.39, 0.29) is 0 Å². The van der Waals surface area contributed by atoms with Crippen LogP contribution in [0.25, 0.3) is 27.4 Å². The third-order valence-electron chi connectivity index (χ3n) is 5.54. The lowest BCUT2D eigenvalue weighted by molar-refractivity contribution is -0.642. The first-order chi connectivity index (χ1) is 14.7. The van der Waals surface area contributed by atoms with Gasteiger partial charge in [0.25, 0.3) is 5.01 Å². The third-order valence-corrected chi connectivity index (χ3v) is 6.71. The van der Waals surface area contributed by atoms with Crippen LogP contribution in [0, 0.1) is 0 Å². The molecule has 5 rings (SSSR count). The average molecular weight is 408 g/mol. The van der Waals surface area contributed by atoms with Crippen molar-refractivity contribution in [3.63, 3.8) is 0 Å². The van der Waals surface area contributed by atoms with E-state index in [9.17, 15) is 0 Å². The summed E-state index contributed by atoms with van der Waals surface area (Å²) in [6.45, 7) is 0. The Morgan fingerprint density at radius 2 is 1.63 bits per heavy atom. The van der Waals surface area contributed by atoms with Gasteiger partial charge in [0.05, 0.1) is 0 Å².